The lowest BCUT2D eigenvalue weighted by Gasteiger charge is -2.29. The van der Waals surface area contributed by atoms with Crippen molar-refractivity contribution in [3.63, 3.8) is 0 Å². The number of ether oxygens (including phenoxy) is 3. The van der Waals surface area contributed by atoms with Gasteiger partial charge in [0, 0.05) is 19.2 Å². The Hall–Kier alpha value is -1.33. The Balaban J connectivity index is 2.23. The third-order valence-electron chi connectivity index (χ3n) is 2.94. The predicted octanol–water partition coefficient (Wildman–Crippen LogP) is 1.71. The molecular formula is C13H17NO3S. The van der Waals surface area contributed by atoms with E-state index in [0.717, 1.165) is 48.4 Å². The topological polar surface area (TPSA) is 30.9 Å². The van der Waals surface area contributed by atoms with Gasteiger partial charge in [0.05, 0.1) is 33.0 Å². The SMILES string of the molecule is COc1ccc(C(=S)N2CCOCC2)c(OC)c1. The lowest BCUT2D eigenvalue weighted by Crippen LogP contribution is -2.40. The van der Waals surface area contributed by atoms with E-state index in [2.05, 4.69) is 4.90 Å². The standard InChI is InChI=1S/C13H17NO3S/c1-15-10-3-4-11(12(9-10)16-2)13(18)14-5-7-17-8-6-14/h3-4,9H,5-8H2,1-2H3. The summed E-state index contributed by atoms with van der Waals surface area (Å²) in [6, 6.07) is 5.68. The van der Waals surface area contributed by atoms with Crippen LogP contribution in [0.15, 0.2) is 18.2 Å². The van der Waals surface area contributed by atoms with Gasteiger partial charge in [0.15, 0.2) is 0 Å². The van der Waals surface area contributed by atoms with Crippen LogP contribution in [0.1, 0.15) is 5.56 Å². The number of thiocarbonyl (C=S) groups is 1. The fourth-order valence-corrected chi connectivity index (χ4v) is 2.26. The van der Waals surface area contributed by atoms with Gasteiger partial charge in [0.1, 0.15) is 16.5 Å². The molecule has 1 aliphatic heterocycles. The summed E-state index contributed by atoms with van der Waals surface area (Å²) in [5.41, 5.74) is 0.926. The number of hydrogen-bond donors (Lipinski definition) is 0. The van der Waals surface area contributed by atoms with E-state index >= 15 is 0 Å². The summed E-state index contributed by atoms with van der Waals surface area (Å²) in [6.07, 6.45) is 0. The van der Waals surface area contributed by atoms with E-state index in [1.807, 2.05) is 18.2 Å². The molecule has 2 rings (SSSR count). The van der Waals surface area contributed by atoms with Gasteiger partial charge < -0.3 is 19.1 Å². The molecule has 18 heavy (non-hydrogen) atoms. The number of hydrogen-bond acceptors (Lipinski definition) is 4. The van der Waals surface area contributed by atoms with E-state index in [9.17, 15) is 0 Å². The number of methoxy groups -OCH3 is 2. The van der Waals surface area contributed by atoms with Gasteiger partial charge in [-0.3, -0.25) is 0 Å². The zero-order valence-electron chi connectivity index (χ0n) is 10.6. The second kappa shape index (κ2) is 6.02. The highest BCUT2D eigenvalue weighted by Crippen LogP contribution is 2.26. The smallest absolute Gasteiger partial charge is 0.132 e. The van der Waals surface area contributed by atoms with Crippen molar-refractivity contribution in [2.45, 2.75) is 0 Å². The Morgan fingerprint density at radius 1 is 1.22 bits per heavy atom. The Kier molecular flexibility index (Phi) is 4.38. The molecule has 0 saturated carbocycles. The monoisotopic (exact) mass is 267 g/mol. The molecule has 0 bridgehead atoms. The first kappa shape index (κ1) is 13.1. The summed E-state index contributed by atoms with van der Waals surface area (Å²) >= 11 is 5.52. The third kappa shape index (κ3) is 2.73. The lowest BCUT2D eigenvalue weighted by atomic mass is 10.1. The van der Waals surface area contributed by atoms with Crippen LogP contribution in [0, 0.1) is 0 Å². The van der Waals surface area contributed by atoms with Crippen molar-refractivity contribution in [2.24, 2.45) is 0 Å². The van der Waals surface area contributed by atoms with E-state index in [-0.39, 0.29) is 0 Å². The molecule has 1 aromatic carbocycles. The van der Waals surface area contributed by atoms with Crippen molar-refractivity contribution in [1.82, 2.24) is 4.90 Å². The van der Waals surface area contributed by atoms with Crippen molar-refractivity contribution in [2.75, 3.05) is 40.5 Å². The maximum atomic E-state index is 5.52. The summed E-state index contributed by atoms with van der Waals surface area (Å²) in [4.78, 5) is 2.95. The van der Waals surface area contributed by atoms with Crippen LogP contribution >= 0.6 is 12.2 Å². The fourth-order valence-electron chi connectivity index (χ4n) is 1.91. The normalized spacial score (nSPS) is 15.3. The Labute approximate surface area is 112 Å². The molecule has 1 saturated heterocycles. The van der Waals surface area contributed by atoms with Crippen LogP contribution in [-0.4, -0.2) is 50.4 Å². The molecule has 0 atom stereocenters. The number of nitrogens with zero attached hydrogens (tertiary/aromatic N) is 1. The van der Waals surface area contributed by atoms with Gasteiger partial charge in [-0.05, 0) is 12.1 Å². The van der Waals surface area contributed by atoms with Crippen LogP contribution in [0.25, 0.3) is 0 Å². The summed E-state index contributed by atoms with van der Waals surface area (Å²) in [7, 11) is 3.27. The minimum absolute atomic E-state index is 0.721. The number of rotatable bonds is 3. The minimum atomic E-state index is 0.721. The second-order valence-electron chi connectivity index (χ2n) is 3.97. The minimum Gasteiger partial charge on any atom is -0.497 e. The van der Waals surface area contributed by atoms with Crippen molar-refractivity contribution >= 4 is 17.2 Å². The molecule has 5 heteroatoms. The first-order valence-corrected chi connectivity index (χ1v) is 6.26. The van der Waals surface area contributed by atoms with Gasteiger partial charge in [-0.2, -0.15) is 0 Å². The Morgan fingerprint density at radius 2 is 1.94 bits per heavy atom. The Morgan fingerprint density at radius 3 is 2.56 bits per heavy atom. The molecule has 0 aromatic heterocycles. The molecule has 98 valence electrons. The molecular weight excluding hydrogens is 250 g/mol. The molecule has 1 aromatic rings. The van der Waals surface area contributed by atoms with Gasteiger partial charge in [-0.1, -0.05) is 12.2 Å². The number of morpholine rings is 1. The largest absolute Gasteiger partial charge is 0.497 e. The highest BCUT2D eigenvalue weighted by Gasteiger charge is 2.18. The lowest BCUT2D eigenvalue weighted by molar-refractivity contribution is 0.0692. The maximum Gasteiger partial charge on any atom is 0.132 e. The fraction of sp³-hybridized carbons (Fsp3) is 0.462. The zero-order valence-corrected chi connectivity index (χ0v) is 11.5. The van der Waals surface area contributed by atoms with E-state index in [4.69, 9.17) is 26.4 Å². The van der Waals surface area contributed by atoms with Crippen LogP contribution in [0.5, 0.6) is 11.5 Å². The van der Waals surface area contributed by atoms with Crippen molar-refractivity contribution < 1.29 is 14.2 Å². The van der Waals surface area contributed by atoms with Crippen LogP contribution in [0.4, 0.5) is 0 Å². The summed E-state index contributed by atoms with van der Waals surface area (Å²) in [6.45, 7) is 3.10. The molecule has 0 unspecified atom stereocenters. The first-order valence-electron chi connectivity index (χ1n) is 5.85. The van der Waals surface area contributed by atoms with Gasteiger partial charge in [-0.25, -0.2) is 0 Å². The van der Waals surface area contributed by atoms with Gasteiger partial charge >= 0.3 is 0 Å². The van der Waals surface area contributed by atoms with Gasteiger partial charge in [0.2, 0.25) is 0 Å². The first-order chi connectivity index (χ1) is 8.76. The van der Waals surface area contributed by atoms with Crippen LogP contribution in [0.2, 0.25) is 0 Å². The van der Waals surface area contributed by atoms with E-state index in [1.54, 1.807) is 14.2 Å². The van der Waals surface area contributed by atoms with E-state index in [0.29, 0.717) is 0 Å². The average molecular weight is 267 g/mol. The Bertz CT molecular complexity index is 430. The van der Waals surface area contributed by atoms with Crippen molar-refractivity contribution in [1.29, 1.82) is 0 Å². The summed E-state index contributed by atoms with van der Waals surface area (Å²) in [5, 5.41) is 0. The van der Waals surface area contributed by atoms with Crippen LogP contribution < -0.4 is 9.47 Å². The van der Waals surface area contributed by atoms with E-state index in [1.165, 1.54) is 0 Å². The van der Waals surface area contributed by atoms with Gasteiger partial charge in [0.25, 0.3) is 0 Å². The summed E-state index contributed by atoms with van der Waals surface area (Å²) < 4.78 is 15.9. The molecule has 4 nitrogen and oxygen atoms in total. The molecule has 0 spiro atoms. The zero-order chi connectivity index (χ0) is 13.0. The molecule has 0 N–H and O–H groups in total. The third-order valence-corrected chi connectivity index (χ3v) is 3.42. The second-order valence-corrected chi connectivity index (χ2v) is 4.36. The van der Waals surface area contributed by atoms with Crippen molar-refractivity contribution in [3.8, 4) is 11.5 Å². The maximum absolute atomic E-state index is 5.52. The average Bonchev–Trinajstić information content (AvgIpc) is 2.46. The molecule has 0 aliphatic carbocycles. The molecule has 0 amide bonds. The van der Waals surface area contributed by atoms with Gasteiger partial charge in [-0.15, -0.1) is 0 Å². The predicted molar refractivity (Wildman–Crippen MR) is 73.6 cm³/mol. The quantitative estimate of drug-likeness (QED) is 0.778. The highest BCUT2D eigenvalue weighted by atomic mass is 32.1. The number of benzene rings is 1. The summed E-state index contributed by atoms with van der Waals surface area (Å²) in [5.74, 6) is 1.51. The molecule has 1 fully saturated rings. The van der Waals surface area contributed by atoms with Crippen molar-refractivity contribution in [3.05, 3.63) is 23.8 Å². The molecule has 1 aliphatic rings. The van der Waals surface area contributed by atoms with E-state index < -0.39 is 0 Å². The highest BCUT2D eigenvalue weighted by molar-refractivity contribution is 7.80. The molecule has 0 radical (unpaired) electrons. The molecule has 1 heterocycles. The van der Waals surface area contributed by atoms with Crippen LogP contribution in [0.3, 0.4) is 0 Å². The van der Waals surface area contributed by atoms with Crippen LogP contribution in [-0.2, 0) is 4.74 Å².